The van der Waals surface area contributed by atoms with Crippen LogP contribution in [0.4, 0.5) is 4.79 Å². The summed E-state index contributed by atoms with van der Waals surface area (Å²) in [6.45, 7) is 7.82. The Bertz CT molecular complexity index is 619. The summed E-state index contributed by atoms with van der Waals surface area (Å²) in [6, 6.07) is 21.1. The molecule has 2 rings (SSSR count). The Morgan fingerprint density at radius 2 is 1.52 bits per heavy atom. The van der Waals surface area contributed by atoms with E-state index in [0.29, 0.717) is 0 Å². The third-order valence-electron chi connectivity index (χ3n) is 4.14. The Morgan fingerprint density at radius 3 is 1.92 bits per heavy atom. The lowest BCUT2D eigenvalue weighted by Crippen LogP contribution is -2.38. The van der Waals surface area contributed by atoms with Crippen LogP contribution in [0.25, 0.3) is 0 Å². The molecule has 25 heavy (non-hydrogen) atoms. The van der Waals surface area contributed by atoms with Crippen molar-refractivity contribution in [1.29, 1.82) is 0 Å². The lowest BCUT2D eigenvalue weighted by atomic mass is 10.1. The fraction of sp³-hybridized carbons (Fsp3) is 0.286. The lowest BCUT2D eigenvalue weighted by Gasteiger charge is -2.33. The topological polar surface area (TPSA) is 20.3 Å². The van der Waals surface area contributed by atoms with Crippen molar-refractivity contribution in [1.82, 2.24) is 4.90 Å². The van der Waals surface area contributed by atoms with Crippen LogP contribution in [0.3, 0.4) is 0 Å². The zero-order valence-electron chi connectivity index (χ0n) is 14.8. The maximum atomic E-state index is 11.9. The number of thioether (sulfide) groups is 2. The summed E-state index contributed by atoms with van der Waals surface area (Å²) in [5, 5.41) is 0.0624. The van der Waals surface area contributed by atoms with Crippen molar-refractivity contribution < 1.29 is 4.79 Å². The summed E-state index contributed by atoms with van der Waals surface area (Å²) >= 11 is 2.63. The van der Waals surface area contributed by atoms with Crippen molar-refractivity contribution in [2.75, 3.05) is 6.26 Å². The molecule has 2 nitrogen and oxygen atoms in total. The maximum absolute atomic E-state index is 11.9. The van der Waals surface area contributed by atoms with Crippen molar-refractivity contribution in [3.8, 4) is 0 Å². The number of hydrogen-bond acceptors (Lipinski definition) is 4. The fourth-order valence-electron chi connectivity index (χ4n) is 2.69. The second-order valence-corrected chi connectivity index (χ2v) is 8.08. The molecule has 2 aromatic carbocycles. The Morgan fingerprint density at radius 1 is 1.04 bits per heavy atom. The predicted molar refractivity (Wildman–Crippen MR) is 112 cm³/mol. The van der Waals surface area contributed by atoms with E-state index in [4.69, 9.17) is 0 Å². The third kappa shape index (κ3) is 6.38. The van der Waals surface area contributed by atoms with E-state index in [1.165, 1.54) is 34.7 Å². The van der Waals surface area contributed by atoms with Gasteiger partial charge in [0, 0.05) is 24.4 Å². The highest BCUT2D eigenvalue weighted by molar-refractivity contribution is 8.38. The summed E-state index contributed by atoms with van der Waals surface area (Å²) in [7, 11) is 0. The molecule has 0 bridgehead atoms. The molecule has 0 fully saturated rings. The summed E-state index contributed by atoms with van der Waals surface area (Å²) in [5.74, 6) is 0. The van der Waals surface area contributed by atoms with E-state index < -0.39 is 0 Å². The average molecular weight is 372 g/mol. The Labute approximate surface area is 159 Å². The number of carbonyl (C=O) groups excluding carboxylic acids is 1. The summed E-state index contributed by atoms with van der Waals surface area (Å²) < 4.78 is 0.135. The molecule has 2 aromatic rings. The summed E-state index contributed by atoms with van der Waals surface area (Å²) in [6.07, 6.45) is 3.72. The van der Waals surface area contributed by atoms with Gasteiger partial charge in [0.1, 0.15) is 0 Å². The van der Waals surface area contributed by atoms with Gasteiger partial charge < -0.3 is 0 Å². The molecular weight excluding hydrogens is 346 g/mol. The molecule has 0 spiro atoms. The molecule has 0 aliphatic rings. The van der Waals surface area contributed by atoms with Gasteiger partial charge >= 0.3 is 0 Å². The SMILES string of the molecule is C=CC(SC(=O)SC)[C@H](C)N(Cc1ccccc1)Cc1ccccc1. The number of hydrogen-bond donors (Lipinski definition) is 0. The first-order valence-corrected chi connectivity index (χ1v) is 10.4. The summed E-state index contributed by atoms with van der Waals surface area (Å²) in [4.78, 5) is 14.3. The zero-order chi connectivity index (χ0) is 18.1. The van der Waals surface area contributed by atoms with Gasteiger partial charge in [-0.05, 0) is 24.3 Å². The second-order valence-electron chi connectivity index (χ2n) is 5.89. The molecule has 1 unspecified atom stereocenters. The lowest BCUT2D eigenvalue weighted by molar-refractivity contribution is 0.195. The van der Waals surface area contributed by atoms with Gasteiger partial charge in [-0.15, -0.1) is 6.58 Å². The molecule has 0 N–H and O–H groups in total. The Kier molecular flexibility index (Phi) is 8.32. The van der Waals surface area contributed by atoms with Crippen LogP contribution in [0.1, 0.15) is 18.1 Å². The van der Waals surface area contributed by atoms with Crippen LogP contribution in [0, 0.1) is 0 Å². The van der Waals surface area contributed by atoms with Gasteiger partial charge in [0.25, 0.3) is 0 Å². The largest absolute Gasteiger partial charge is 0.291 e. The highest BCUT2D eigenvalue weighted by Gasteiger charge is 2.24. The molecule has 132 valence electrons. The van der Waals surface area contributed by atoms with E-state index in [1.54, 1.807) is 0 Å². The van der Waals surface area contributed by atoms with Crippen molar-refractivity contribution >= 4 is 28.0 Å². The molecule has 0 aliphatic heterocycles. The fourth-order valence-corrected chi connectivity index (χ4v) is 4.10. The first-order valence-electron chi connectivity index (χ1n) is 8.33. The number of benzene rings is 2. The predicted octanol–water partition coefficient (Wildman–Crippen LogP) is 5.85. The number of carbonyl (C=O) groups is 1. The van der Waals surface area contributed by atoms with Crippen molar-refractivity contribution in [3.05, 3.63) is 84.4 Å². The Balaban J connectivity index is 2.19. The Hall–Kier alpha value is -1.49. The standard InChI is InChI=1S/C21H25NOS2/c1-4-20(25-21(23)24-3)17(2)22(15-18-11-7-5-8-12-18)16-19-13-9-6-10-14-19/h4-14,17,20H,1,15-16H2,2-3H3/t17-,20?/m0/s1. The van der Waals surface area contributed by atoms with Gasteiger partial charge in [-0.25, -0.2) is 0 Å². The third-order valence-corrected chi connectivity index (χ3v) is 6.31. The highest BCUT2D eigenvalue weighted by Crippen LogP contribution is 2.27. The molecule has 0 saturated carbocycles. The van der Waals surface area contributed by atoms with Crippen LogP contribution >= 0.6 is 23.5 Å². The monoisotopic (exact) mass is 371 g/mol. The van der Waals surface area contributed by atoms with Crippen LogP contribution in [-0.4, -0.2) is 26.9 Å². The van der Waals surface area contributed by atoms with Gasteiger partial charge in [-0.1, -0.05) is 90.3 Å². The minimum absolute atomic E-state index is 0.0624. The van der Waals surface area contributed by atoms with Crippen LogP contribution in [0.15, 0.2) is 73.3 Å². The van der Waals surface area contributed by atoms with Crippen LogP contribution in [0.5, 0.6) is 0 Å². The zero-order valence-corrected chi connectivity index (χ0v) is 16.4. The molecular formula is C21H25NOS2. The van der Waals surface area contributed by atoms with E-state index in [1.807, 2.05) is 24.5 Å². The van der Waals surface area contributed by atoms with E-state index in [2.05, 4.69) is 66.9 Å². The van der Waals surface area contributed by atoms with Gasteiger partial charge in [0.15, 0.2) is 0 Å². The van der Waals surface area contributed by atoms with Crippen LogP contribution in [-0.2, 0) is 13.1 Å². The summed E-state index contributed by atoms with van der Waals surface area (Å²) in [5.41, 5.74) is 2.54. The van der Waals surface area contributed by atoms with Crippen LogP contribution in [0.2, 0.25) is 0 Å². The molecule has 2 atom stereocenters. The first-order chi connectivity index (χ1) is 12.1. The van der Waals surface area contributed by atoms with E-state index >= 15 is 0 Å². The van der Waals surface area contributed by atoms with Gasteiger partial charge in [0.2, 0.25) is 4.45 Å². The highest BCUT2D eigenvalue weighted by atomic mass is 32.2. The minimum Gasteiger partial charge on any atom is -0.291 e. The van der Waals surface area contributed by atoms with E-state index in [-0.39, 0.29) is 15.7 Å². The molecule has 0 heterocycles. The van der Waals surface area contributed by atoms with Crippen LogP contribution < -0.4 is 0 Å². The van der Waals surface area contributed by atoms with Gasteiger partial charge in [-0.2, -0.15) is 0 Å². The molecule has 0 radical (unpaired) electrons. The number of nitrogens with zero attached hydrogens (tertiary/aromatic N) is 1. The molecule has 0 saturated heterocycles. The molecule has 0 aromatic heterocycles. The van der Waals surface area contributed by atoms with Crippen molar-refractivity contribution in [3.63, 3.8) is 0 Å². The molecule has 0 amide bonds. The van der Waals surface area contributed by atoms with E-state index in [9.17, 15) is 4.79 Å². The van der Waals surface area contributed by atoms with Gasteiger partial charge in [-0.3, -0.25) is 9.69 Å². The van der Waals surface area contributed by atoms with Gasteiger partial charge in [0.05, 0.1) is 0 Å². The normalized spacial score (nSPS) is 13.4. The quantitative estimate of drug-likeness (QED) is 0.542. The number of rotatable bonds is 8. The average Bonchev–Trinajstić information content (AvgIpc) is 2.66. The van der Waals surface area contributed by atoms with Crippen molar-refractivity contribution in [2.45, 2.75) is 31.3 Å². The molecule has 0 aliphatic carbocycles. The van der Waals surface area contributed by atoms with Crippen molar-refractivity contribution in [2.24, 2.45) is 0 Å². The second kappa shape index (κ2) is 10.5. The first kappa shape index (κ1) is 19.8. The maximum Gasteiger partial charge on any atom is 0.246 e. The van der Waals surface area contributed by atoms with E-state index in [0.717, 1.165) is 13.1 Å². The smallest absolute Gasteiger partial charge is 0.246 e. The minimum atomic E-state index is 0.0624. The molecule has 4 heteroatoms.